The second-order valence-electron chi connectivity index (χ2n) is 2.76. The molecule has 0 aliphatic heterocycles. The van der Waals surface area contributed by atoms with Crippen molar-refractivity contribution in [1.82, 2.24) is 0 Å². The van der Waals surface area contributed by atoms with Gasteiger partial charge in [-0.05, 0) is 0 Å². The van der Waals surface area contributed by atoms with Crippen LogP contribution in [0.4, 0.5) is 0 Å². The van der Waals surface area contributed by atoms with Crippen LogP contribution < -0.4 is 0 Å². The zero-order valence-corrected chi connectivity index (χ0v) is 8.37. The molecule has 0 spiro atoms. The Morgan fingerprint density at radius 3 is 1.36 bits per heavy atom. The molecule has 0 nitrogen and oxygen atoms in total. The summed E-state index contributed by atoms with van der Waals surface area (Å²) < 4.78 is 1.60. The average molecular weight is 203 g/mol. The van der Waals surface area contributed by atoms with Crippen molar-refractivity contribution in [3.8, 4) is 0 Å². The summed E-state index contributed by atoms with van der Waals surface area (Å²) in [5.74, 6) is 0. The summed E-state index contributed by atoms with van der Waals surface area (Å²) in [7, 11) is 0. The average Bonchev–Trinajstić information content (AvgIpc) is 2.60. The molecule has 0 saturated heterocycles. The van der Waals surface area contributed by atoms with Gasteiger partial charge in [0.15, 0.2) is 0 Å². The normalized spacial score (nSPS) is 22.5. The minimum absolute atomic E-state index is 0.139. The van der Waals surface area contributed by atoms with Crippen LogP contribution in [-0.4, -0.2) is 15.4 Å². The summed E-state index contributed by atoms with van der Waals surface area (Å²) >= 11 is 0.139. The fourth-order valence-corrected chi connectivity index (χ4v) is 4.11. The monoisotopic (exact) mass is 204 g/mol. The number of allylic oxidation sites excluding steroid dienone is 8. The predicted molar refractivity (Wildman–Crippen MR) is 49.8 cm³/mol. The van der Waals surface area contributed by atoms with Crippen molar-refractivity contribution in [3.63, 3.8) is 0 Å². The second kappa shape index (κ2) is 3.27. The van der Waals surface area contributed by atoms with E-state index in [1.54, 1.807) is 0 Å². The summed E-state index contributed by atoms with van der Waals surface area (Å²) in [4.78, 5) is 0. The second-order valence-corrected chi connectivity index (χ2v) is 6.25. The molecule has 11 heavy (non-hydrogen) atoms. The Labute approximate surface area is 73.9 Å². The van der Waals surface area contributed by atoms with Crippen LogP contribution in [0.1, 0.15) is 0 Å². The standard InChI is InChI=1S/C10H10Ge/c1-2-6-9(5-1)11-10-7-3-4-8-10/h1-10H. The maximum absolute atomic E-state index is 2.32. The van der Waals surface area contributed by atoms with Crippen LogP contribution >= 0.6 is 0 Å². The third kappa shape index (κ3) is 1.75. The van der Waals surface area contributed by atoms with Crippen LogP contribution in [0.5, 0.6) is 0 Å². The molecule has 2 rings (SSSR count). The Bertz CT molecular complexity index is 196. The van der Waals surface area contributed by atoms with Gasteiger partial charge in [-0.25, -0.2) is 0 Å². The van der Waals surface area contributed by atoms with E-state index in [0.717, 1.165) is 9.50 Å². The van der Waals surface area contributed by atoms with Crippen LogP contribution in [-0.2, 0) is 0 Å². The molecular formula is C10H10Ge. The third-order valence-corrected chi connectivity index (χ3v) is 5.11. The zero-order chi connectivity index (χ0) is 7.52. The summed E-state index contributed by atoms with van der Waals surface area (Å²) in [6.07, 6.45) is 17.9. The van der Waals surface area contributed by atoms with E-state index in [1.807, 2.05) is 0 Å². The fourth-order valence-electron chi connectivity index (χ4n) is 1.31. The topological polar surface area (TPSA) is 0 Å². The fraction of sp³-hybridized carbons (Fsp3) is 0.200. The van der Waals surface area contributed by atoms with Gasteiger partial charge in [0.05, 0.1) is 0 Å². The van der Waals surface area contributed by atoms with E-state index in [4.69, 9.17) is 0 Å². The van der Waals surface area contributed by atoms with Crippen LogP contribution in [0.3, 0.4) is 0 Å². The van der Waals surface area contributed by atoms with E-state index in [0.29, 0.717) is 0 Å². The molecular weight excluding hydrogens is 193 g/mol. The van der Waals surface area contributed by atoms with Gasteiger partial charge in [0.2, 0.25) is 0 Å². The quantitative estimate of drug-likeness (QED) is 0.604. The summed E-state index contributed by atoms with van der Waals surface area (Å²) in [6, 6.07) is 0. The molecule has 0 aromatic rings. The van der Waals surface area contributed by atoms with E-state index in [-0.39, 0.29) is 15.4 Å². The van der Waals surface area contributed by atoms with Gasteiger partial charge in [-0.1, -0.05) is 0 Å². The molecule has 0 atom stereocenters. The van der Waals surface area contributed by atoms with Crippen LogP contribution in [0.15, 0.2) is 48.6 Å². The third-order valence-electron chi connectivity index (χ3n) is 1.88. The van der Waals surface area contributed by atoms with E-state index in [1.165, 1.54) is 0 Å². The van der Waals surface area contributed by atoms with Crippen molar-refractivity contribution in [2.45, 2.75) is 9.50 Å². The van der Waals surface area contributed by atoms with Crippen LogP contribution in [0.2, 0.25) is 9.50 Å². The van der Waals surface area contributed by atoms with E-state index in [9.17, 15) is 0 Å². The minimum atomic E-state index is 0.139. The first-order chi connectivity index (χ1) is 5.45. The van der Waals surface area contributed by atoms with Crippen molar-refractivity contribution >= 4 is 15.4 Å². The summed E-state index contributed by atoms with van der Waals surface area (Å²) in [5.41, 5.74) is 0. The molecule has 0 heterocycles. The molecule has 0 unspecified atom stereocenters. The molecule has 0 amide bonds. The van der Waals surface area contributed by atoms with Gasteiger partial charge >= 0.3 is 73.5 Å². The molecule has 0 bridgehead atoms. The van der Waals surface area contributed by atoms with Gasteiger partial charge in [0, 0.05) is 0 Å². The Hall–Kier alpha value is -0.497. The van der Waals surface area contributed by atoms with Gasteiger partial charge in [-0.15, -0.1) is 0 Å². The van der Waals surface area contributed by atoms with Crippen molar-refractivity contribution in [2.24, 2.45) is 0 Å². The van der Waals surface area contributed by atoms with E-state index < -0.39 is 0 Å². The van der Waals surface area contributed by atoms with Gasteiger partial charge in [-0.2, -0.15) is 0 Å². The predicted octanol–water partition coefficient (Wildman–Crippen LogP) is 2.52. The SMILES string of the molecule is C1=C[CH]([Ge][CH]2C=CC=C2)C=C1. The Balaban J connectivity index is 1.90. The first-order valence-corrected chi connectivity index (χ1v) is 6.33. The molecule has 2 radical (unpaired) electrons. The van der Waals surface area contributed by atoms with Crippen LogP contribution in [0, 0.1) is 0 Å². The van der Waals surface area contributed by atoms with Crippen molar-refractivity contribution < 1.29 is 0 Å². The molecule has 54 valence electrons. The molecule has 0 aromatic heterocycles. The first-order valence-electron chi connectivity index (χ1n) is 3.91. The Kier molecular flexibility index (Phi) is 2.13. The van der Waals surface area contributed by atoms with Gasteiger partial charge in [0.1, 0.15) is 0 Å². The molecule has 2 aliphatic rings. The van der Waals surface area contributed by atoms with Gasteiger partial charge < -0.3 is 0 Å². The number of hydrogen-bond acceptors (Lipinski definition) is 0. The number of hydrogen-bond donors (Lipinski definition) is 0. The van der Waals surface area contributed by atoms with E-state index in [2.05, 4.69) is 48.6 Å². The Morgan fingerprint density at radius 1 is 0.636 bits per heavy atom. The van der Waals surface area contributed by atoms with Crippen molar-refractivity contribution in [3.05, 3.63) is 48.6 Å². The molecule has 0 aromatic carbocycles. The molecule has 1 heteroatoms. The molecule has 0 fully saturated rings. The first kappa shape index (κ1) is 7.17. The molecule has 2 aliphatic carbocycles. The Morgan fingerprint density at radius 2 is 1.00 bits per heavy atom. The zero-order valence-electron chi connectivity index (χ0n) is 6.27. The van der Waals surface area contributed by atoms with E-state index >= 15 is 0 Å². The van der Waals surface area contributed by atoms with Crippen LogP contribution in [0.25, 0.3) is 0 Å². The van der Waals surface area contributed by atoms with Gasteiger partial charge in [-0.3, -0.25) is 0 Å². The maximum atomic E-state index is 2.32. The van der Waals surface area contributed by atoms with Gasteiger partial charge in [0.25, 0.3) is 0 Å². The van der Waals surface area contributed by atoms with Crippen molar-refractivity contribution in [2.75, 3.05) is 0 Å². The molecule has 0 N–H and O–H groups in total. The summed E-state index contributed by atoms with van der Waals surface area (Å²) in [5, 5.41) is 0. The number of rotatable bonds is 2. The van der Waals surface area contributed by atoms with Crippen molar-refractivity contribution in [1.29, 1.82) is 0 Å². The summed E-state index contributed by atoms with van der Waals surface area (Å²) in [6.45, 7) is 0. The molecule has 0 saturated carbocycles.